The summed E-state index contributed by atoms with van der Waals surface area (Å²) in [4.78, 5) is 14.4. The number of piperazine rings is 1. The molecule has 0 saturated carbocycles. The van der Waals surface area contributed by atoms with Crippen molar-refractivity contribution in [1.82, 2.24) is 10.2 Å². The smallest absolute Gasteiger partial charge is 0.242 e. The maximum Gasteiger partial charge on any atom is 0.242 e. The third kappa shape index (κ3) is 3.42. The molecule has 24 heavy (non-hydrogen) atoms. The number of carbonyl (C=O) groups excluding carboxylic acids is 1. The van der Waals surface area contributed by atoms with Gasteiger partial charge in [0.1, 0.15) is 11.8 Å². The van der Waals surface area contributed by atoms with Crippen molar-refractivity contribution >= 4 is 5.91 Å². The molecule has 2 atom stereocenters. The molecule has 1 aliphatic rings. The first-order valence-corrected chi connectivity index (χ1v) is 8.08. The molecule has 0 aromatic heterocycles. The van der Waals surface area contributed by atoms with Gasteiger partial charge in [-0.05, 0) is 11.6 Å². The van der Waals surface area contributed by atoms with Crippen LogP contribution in [-0.4, -0.2) is 42.7 Å². The van der Waals surface area contributed by atoms with Gasteiger partial charge in [0, 0.05) is 25.2 Å². The van der Waals surface area contributed by atoms with Crippen LogP contribution in [0.3, 0.4) is 0 Å². The second kappa shape index (κ2) is 7.47. The van der Waals surface area contributed by atoms with Gasteiger partial charge < -0.3 is 15.2 Å². The lowest BCUT2D eigenvalue weighted by molar-refractivity contribution is -0.130. The molecule has 5 heteroatoms. The first kappa shape index (κ1) is 16.5. The number of β-amino-alcohol motifs (C(OH)–C–C–N with tert-alkyl or cyclic N) is 1. The van der Waals surface area contributed by atoms with Gasteiger partial charge in [0.15, 0.2) is 0 Å². The topological polar surface area (TPSA) is 61.8 Å². The minimum absolute atomic E-state index is 0.0281. The summed E-state index contributed by atoms with van der Waals surface area (Å²) in [5.74, 6) is 0.627. The summed E-state index contributed by atoms with van der Waals surface area (Å²) >= 11 is 0. The van der Waals surface area contributed by atoms with Crippen LogP contribution in [0.25, 0.3) is 0 Å². The standard InChI is InChI=1S/C19H22N2O3/c1-24-17-10-6-5-9-15(17)16(22)13-21-12-11-20-19(23)18(21)14-7-3-2-4-8-14/h2-10,16,18,22H,11-13H2,1H3,(H,20,23). The van der Waals surface area contributed by atoms with E-state index >= 15 is 0 Å². The molecule has 126 valence electrons. The Morgan fingerprint density at radius 3 is 2.67 bits per heavy atom. The Morgan fingerprint density at radius 1 is 1.21 bits per heavy atom. The molecule has 2 aromatic rings. The van der Waals surface area contributed by atoms with Crippen LogP contribution in [0.15, 0.2) is 54.6 Å². The molecule has 1 fully saturated rings. The van der Waals surface area contributed by atoms with Crippen molar-refractivity contribution in [2.24, 2.45) is 0 Å². The molecule has 0 aliphatic carbocycles. The van der Waals surface area contributed by atoms with Gasteiger partial charge in [-0.15, -0.1) is 0 Å². The van der Waals surface area contributed by atoms with Crippen molar-refractivity contribution < 1.29 is 14.6 Å². The number of methoxy groups -OCH3 is 1. The number of para-hydroxylation sites is 1. The maximum absolute atomic E-state index is 12.4. The molecular formula is C19H22N2O3. The zero-order valence-electron chi connectivity index (χ0n) is 13.7. The highest BCUT2D eigenvalue weighted by atomic mass is 16.5. The van der Waals surface area contributed by atoms with E-state index in [1.165, 1.54) is 0 Å². The van der Waals surface area contributed by atoms with Crippen molar-refractivity contribution in [2.45, 2.75) is 12.1 Å². The quantitative estimate of drug-likeness (QED) is 0.881. The number of nitrogens with one attached hydrogen (secondary N) is 1. The van der Waals surface area contributed by atoms with Crippen LogP contribution >= 0.6 is 0 Å². The summed E-state index contributed by atoms with van der Waals surface area (Å²) in [6.45, 7) is 1.64. The molecule has 1 heterocycles. The molecule has 1 aliphatic heterocycles. The van der Waals surface area contributed by atoms with Crippen molar-refractivity contribution in [2.75, 3.05) is 26.7 Å². The molecule has 2 N–H and O–H groups in total. The molecule has 1 amide bonds. The Balaban J connectivity index is 1.82. The highest BCUT2D eigenvalue weighted by molar-refractivity contribution is 5.83. The predicted molar refractivity (Wildman–Crippen MR) is 91.7 cm³/mol. The summed E-state index contributed by atoms with van der Waals surface area (Å²) in [6, 6.07) is 16.7. The number of aliphatic hydroxyl groups is 1. The number of hydrogen-bond donors (Lipinski definition) is 2. The van der Waals surface area contributed by atoms with Crippen molar-refractivity contribution in [3.05, 3.63) is 65.7 Å². The van der Waals surface area contributed by atoms with Crippen LogP contribution in [0.4, 0.5) is 0 Å². The van der Waals surface area contributed by atoms with Crippen LogP contribution in [-0.2, 0) is 4.79 Å². The molecule has 3 rings (SSSR count). The molecule has 5 nitrogen and oxygen atoms in total. The maximum atomic E-state index is 12.4. The molecular weight excluding hydrogens is 304 g/mol. The van der Waals surface area contributed by atoms with E-state index < -0.39 is 6.10 Å². The lowest BCUT2D eigenvalue weighted by Gasteiger charge is -2.36. The predicted octanol–water partition coefficient (Wildman–Crippen LogP) is 1.90. The van der Waals surface area contributed by atoms with E-state index in [0.29, 0.717) is 25.4 Å². The molecule has 0 bridgehead atoms. The number of aliphatic hydroxyl groups excluding tert-OH is 1. The first-order valence-electron chi connectivity index (χ1n) is 8.08. The second-order valence-electron chi connectivity index (χ2n) is 5.86. The van der Waals surface area contributed by atoms with Gasteiger partial charge in [-0.1, -0.05) is 48.5 Å². The minimum atomic E-state index is -0.724. The fourth-order valence-corrected chi connectivity index (χ4v) is 3.17. The highest BCUT2D eigenvalue weighted by Crippen LogP contribution is 2.29. The van der Waals surface area contributed by atoms with E-state index in [2.05, 4.69) is 5.32 Å². The average Bonchev–Trinajstić information content (AvgIpc) is 2.62. The highest BCUT2D eigenvalue weighted by Gasteiger charge is 2.32. The van der Waals surface area contributed by atoms with Crippen LogP contribution in [0.1, 0.15) is 23.3 Å². The van der Waals surface area contributed by atoms with E-state index in [-0.39, 0.29) is 11.9 Å². The number of rotatable bonds is 5. The Morgan fingerprint density at radius 2 is 1.92 bits per heavy atom. The zero-order chi connectivity index (χ0) is 16.9. The van der Waals surface area contributed by atoms with Crippen LogP contribution < -0.4 is 10.1 Å². The number of benzene rings is 2. The van der Waals surface area contributed by atoms with E-state index in [1.54, 1.807) is 7.11 Å². The van der Waals surface area contributed by atoms with Gasteiger partial charge in [0.2, 0.25) is 5.91 Å². The Hall–Kier alpha value is -2.37. The third-order valence-corrected chi connectivity index (χ3v) is 4.33. The van der Waals surface area contributed by atoms with Crippen molar-refractivity contribution in [1.29, 1.82) is 0 Å². The molecule has 0 spiro atoms. The van der Waals surface area contributed by atoms with Gasteiger partial charge in [0.05, 0.1) is 13.2 Å². The van der Waals surface area contributed by atoms with E-state index in [1.807, 2.05) is 59.5 Å². The minimum Gasteiger partial charge on any atom is -0.496 e. The van der Waals surface area contributed by atoms with E-state index in [0.717, 1.165) is 11.1 Å². The van der Waals surface area contributed by atoms with Crippen molar-refractivity contribution in [3.63, 3.8) is 0 Å². The lowest BCUT2D eigenvalue weighted by atomic mass is 10.0. The number of hydrogen-bond acceptors (Lipinski definition) is 4. The molecule has 1 saturated heterocycles. The summed E-state index contributed by atoms with van der Waals surface area (Å²) < 4.78 is 5.33. The SMILES string of the molecule is COc1ccccc1C(O)CN1CCNC(=O)C1c1ccccc1. The lowest BCUT2D eigenvalue weighted by Crippen LogP contribution is -2.51. The largest absolute Gasteiger partial charge is 0.496 e. The average molecular weight is 326 g/mol. The Bertz CT molecular complexity index is 690. The van der Waals surface area contributed by atoms with Crippen LogP contribution in [0.5, 0.6) is 5.75 Å². The number of ether oxygens (including phenoxy) is 1. The number of carbonyl (C=O) groups is 1. The summed E-state index contributed by atoms with van der Waals surface area (Å²) in [5.41, 5.74) is 1.67. The van der Waals surface area contributed by atoms with Crippen molar-refractivity contribution in [3.8, 4) is 5.75 Å². The fraction of sp³-hybridized carbons (Fsp3) is 0.316. The summed E-state index contributed by atoms with van der Waals surface area (Å²) in [7, 11) is 1.59. The second-order valence-corrected chi connectivity index (χ2v) is 5.86. The molecule has 0 radical (unpaired) electrons. The number of nitrogens with zero attached hydrogens (tertiary/aromatic N) is 1. The number of amides is 1. The van der Waals surface area contributed by atoms with Crippen LogP contribution in [0, 0.1) is 0 Å². The van der Waals surface area contributed by atoms with Gasteiger partial charge in [-0.25, -0.2) is 0 Å². The van der Waals surface area contributed by atoms with Gasteiger partial charge in [-0.3, -0.25) is 9.69 Å². The summed E-state index contributed by atoms with van der Waals surface area (Å²) in [5, 5.41) is 13.6. The van der Waals surface area contributed by atoms with Gasteiger partial charge in [-0.2, -0.15) is 0 Å². The first-order chi connectivity index (χ1) is 11.7. The fourth-order valence-electron chi connectivity index (χ4n) is 3.17. The van der Waals surface area contributed by atoms with Crippen LogP contribution in [0.2, 0.25) is 0 Å². The van der Waals surface area contributed by atoms with E-state index in [9.17, 15) is 9.90 Å². The third-order valence-electron chi connectivity index (χ3n) is 4.33. The normalized spacial score (nSPS) is 19.6. The zero-order valence-corrected chi connectivity index (χ0v) is 13.7. The van der Waals surface area contributed by atoms with Gasteiger partial charge in [0.25, 0.3) is 0 Å². The molecule has 2 unspecified atom stereocenters. The van der Waals surface area contributed by atoms with E-state index in [4.69, 9.17) is 4.74 Å². The molecule has 2 aromatic carbocycles. The Labute approximate surface area is 141 Å². The Kier molecular flexibility index (Phi) is 5.13. The monoisotopic (exact) mass is 326 g/mol. The van der Waals surface area contributed by atoms with Gasteiger partial charge >= 0.3 is 0 Å². The summed E-state index contributed by atoms with van der Waals surface area (Å²) in [6.07, 6.45) is -0.724.